The highest BCUT2D eigenvalue weighted by atomic mass is 35.5. The minimum atomic E-state index is -3.73. The molecule has 7 nitrogen and oxygen atoms in total. The number of halogens is 1. The third kappa shape index (κ3) is 4.76. The lowest BCUT2D eigenvalue weighted by molar-refractivity contribution is -0.122. The molecule has 1 aliphatic heterocycles. The van der Waals surface area contributed by atoms with Crippen molar-refractivity contribution >= 4 is 33.2 Å². The first-order valence-electron chi connectivity index (χ1n) is 9.12. The summed E-state index contributed by atoms with van der Waals surface area (Å²) in [5.41, 5.74) is 1.93. The number of benzene rings is 2. The van der Waals surface area contributed by atoms with Crippen LogP contribution in [0.5, 0.6) is 11.5 Å². The van der Waals surface area contributed by atoms with Gasteiger partial charge in [-0.2, -0.15) is 0 Å². The van der Waals surface area contributed by atoms with Gasteiger partial charge >= 0.3 is 0 Å². The van der Waals surface area contributed by atoms with Crippen LogP contribution in [0.1, 0.15) is 24.5 Å². The molecule has 0 aromatic heterocycles. The van der Waals surface area contributed by atoms with E-state index in [1.165, 1.54) is 0 Å². The Hall–Kier alpha value is -2.45. The molecule has 0 bridgehead atoms. The Kier molecular flexibility index (Phi) is 6.24. The Morgan fingerprint density at radius 2 is 1.93 bits per heavy atom. The molecule has 0 saturated carbocycles. The van der Waals surface area contributed by atoms with Gasteiger partial charge in [0, 0.05) is 11.6 Å². The molecule has 9 heteroatoms. The van der Waals surface area contributed by atoms with Crippen molar-refractivity contribution in [1.82, 2.24) is 5.32 Å². The number of hydrogen-bond acceptors (Lipinski definition) is 5. The summed E-state index contributed by atoms with van der Waals surface area (Å²) in [6.45, 7) is 3.95. The predicted molar refractivity (Wildman–Crippen MR) is 112 cm³/mol. The molecule has 1 aliphatic rings. The van der Waals surface area contributed by atoms with Crippen molar-refractivity contribution in [3.8, 4) is 11.5 Å². The van der Waals surface area contributed by atoms with Gasteiger partial charge in [-0.25, -0.2) is 8.42 Å². The maximum atomic E-state index is 12.9. The van der Waals surface area contributed by atoms with Gasteiger partial charge in [0.25, 0.3) is 0 Å². The van der Waals surface area contributed by atoms with Crippen molar-refractivity contribution in [1.29, 1.82) is 0 Å². The van der Waals surface area contributed by atoms with Crippen LogP contribution in [0.15, 0.2) is 36.4 Å². The van der Waals surface area contributed by atoms with Crippen molar-refractivity contribution < 1.29 is 22.7 Å². The predicted octanol–water partition coefficient (Wildman–Crippen LogP) is 3.24. The second-order valence-corrected chi connectivity index (χ2v) is 9.11. The van der Waals surface area contributed by atoms with Crippen molar-refractivity contribution in [2.75, 3.05) is 17.4 Å². The maximum Gasteiger partial charge on any atom is 0.244 e. The number of carbonyl (C=O) groups excluding carboxylic acids is 1. The summed E-state index contributed by atoms with van der Waals surface area (Å²) in [5, 5.41) is 3.22. The van der Waals surface area contributed by atoms with Gasteiger partial charge in [0.1, 0.15) is 6.04 Å². The molecular weight excluding hydrogens is 416 g/mol. The van der Waals surface area contributed by atoms with E-state index >= 15 is 0 Å². The summed E-state index contributed by atoms with van der Waals surface area (Å²) in [6.07, 6.45) is 1.38. The number of amides is 1. The molecule has 1 unspecified atom stereocenters. The Bertz CT molecular complexity index is 1030. The van der Waals surface area contributed by atoms with Gasteiger partial charge in [-0.3, -0.25) is 9.10 Å². The highest BCUT2D eigenvalue weighted by Gasteiger charge is 2.32. The number of hydrogen-bond donors (Lipinski definition) is 1. The summed E-state index contributed by atoms with van der Waals surface area (Å²) < 4.78 is 36.9. The van der Waals surface area contributed by atoms with Gasteiger partial charge < -0.3 is 14.8 Å². The van der Waals surface area contributed by atoms with Crippen LogP contribution in [0.2, 0.25) is 5.02 Å². The molecule has 2 aromatic carbocycles. The first-order valence-corrected chi connectivity index (χ1v) is 11.3. The Morgan fingerprint density at radius 3 is 2.62 bits per heavy atom. The number of rotatable bonds is 7. The average molecular weight is 439 g/mol. The van der Waals surface area contributed by atoms with E-state index in [0.29, 0.717) is 34.2 Å². The first-order chi connectivity index (χ1) is 13.7. The minimum absolute atomic E-state index is 0.172. The topological polar surface area (TPSA) is 84.9 Å². The minimum Gasteiger partial charge on any atom is -0.454 e. The standard InChI is InChI=1S/C20H23ClN2O5S/c1-4-16(23(29(3,25)26)17-10-15(21)7-5-13(17)2)20(24)22-11-14-6-8-18-19(9-14)28-12-27-18/h5-10,16H,4,11-12H2,1-3H3,(H,22,24). The van der Waals surface area contributed by atoms with Gasteiger partial charge in [0.2, 0.25) is 22.7 Å². The molecule has 1 atom stereocenters. The molecule has 0 spiro atoms. The fourth-order valence-electron chi connectivity index (χ4n) is 3.21. The largest absolute Gasteiger partial charge is 0.454 e. The number of nitrogens with one attached hydrogen (secondary N) is 1. The summed E-state index contributed by atoms with van der Waals surface area (Å²) >= 11 is 6.08. The summed E-state index contributed by atoms with van der Waals surface area (Å²) in [6, 6.07) is 9.46. The molecule has 0 fully saturated rings. The molecule has 156 valence electrons. The van der Waals surface area contributed by atoms with Gasteiger partial charge in [-0.05, 0) is 48.7 Å². The van der Waals surface area contributed by atoms with Crippen molar-refractivity contribution in [2.45, 2.75) is 32.9 Å². The molecule has 0 aliphatic carbocycles. The zero-order chi connectivity index (χ0) is 21.2. The van der Waals surface area contributed by atoms with Gasteiger partial charge in [-0.15, -0.1) is 0 Å². The van der Waals surface area contributed by atoms with E-state index in [9.17, 15) is 13.2 Å². The van der Waals surface area contributed by atoms with Crippen LogP contribution in [0, 0.1) is 6.92 Å². The van der Waals surface area contributed by atoms with Crippen LogP contribution in [0.3, 0.4) is 0 Å². The first kappa shape index (κ1) is 21.3. The number of ether oxygens (including phenoxy) is 2. The van der Waals surface area contributed by atoms with E-state index in [-0.39, 0.29) is 13.3 Å². The highest BCUT2D eigenvalue weighted by Crippen LogP contribution is 2.32. The lowest BCUT2D eigenvalue weighted by atomic mass is 10.1. The molecule has 3 rings (SSSR count). The van der Waals surface area contributed by atoms with Crippen molar-refractivity contribution in [3.05, 3.63) is 52.5 Å². The Labute approximate surface area is 175 Å². The average Bonchev–Trinajstić information content (AvgIpc) is 3.13. The number of carbonyl (C=O) groups is 1. The normalized spacial score (nSPS) is 13.8. The lowest BCUT2D eigenvalue weighted by Gasteiger charge is -2.31. The van der Waals surface area contributed by atoms with Crippen molar-refractivity contribution in [2.24, 2.45) is 0 Å². The molecular formula is C20H23ClN2O5S. The van der Waals surface area contributed by atoms with Crippen LogP contribution in [0.4, 0.5) is 5.69 Å². The van der Waals surface area contributed by atoms with Crippen LogP contribution in [0.25, 0.3) is 0 Å². The third-order valence-corrected chi connectivity index (χ3v) is 6.04. The van der Waals surface area contributed by atoms with E-state index in [2.05, 4.69) is 5.32 Å². The molecule has 29 heavy (non-hydrogen) atoms. The third-order valence-electron chi connectivity index (χ3n) is 4.64. The molecule has 2 aromatic rings. The fourth-order valence-corrected chi connectivity index (χ4v) is 4.64. The summed E-state index contributed by atoms with van der Waals surface area (Å²) in [7, 11) is -3.73. The number of fused-ring (bicyclic) bond motifs is 1. The Balaban J connectivity index is 1.83. The highest BCUT2D eigenvalue weighted by molar-refractivity contribution is 7.92. The van der Waals surface area contributed by atoms with E-state index < -0.39 is 22.0 Å². The maximum absolute atomic E-state index is 12.9. The van der Waals surface area contributed by atoms with E-state index in [4.69, 9.17) is 21.1 Å². The van der Waals surface area contributed by atoms with Gasteiger partial charge in [0.15, 0.2) is 11.5 Å². The Morgan fingerprint density at radius 1 is 1.21 bits per heavy atom. The molecule has 1 N–H and O–H groups in total. The SMILES string of the molecule is CCC(C(=O)NCc1ccc2c(c1)OCO2)N(c1cc(Cl)ccc1C)S(C)(=O)=O. The van der Waals surface area contributed by atoms with Crippen LogP contribution in [-0.2, 0) is 21.4 Å². The zero-order valence-corrected chi connectivity index (χ0v) is 18.0. The molecule has 1 heterocycles. The second-order valence-electron chi connectivity index (χ2n) is 6.82. The zero-order valence-electron chi connectivity index (χ0n) is 16.4. The van der Waals surface area contributed by atoms with Gasteiger partial charge in [-0.1, -0.05) is 30.7 Å². The molecule has 1 amide bonds. The van der Waals surface area contributed by atoms with E-state index in [1.807, 2.05) is 6.07 Å². The smallest absolute Gasteiger partial charge is 0.244 e. The quantitative estimate of drug-likeness (QED) is 0.717. The monoisotopic (exact) mass is 438 g/mol. The van der Waals surface area contributed by atoms with Crippen molar-refractivity contribution in [3.63, 3.8) is 0 Å². The summed E-state index contributed by atoms with van der Waals surface area (Å²) in [5.74, 6) is 0.886. The number of aryl methyl sites for hydroxylation is 1. The molecule has 0 radical (unpaired) electrons. The summed E-state index contributed by atoms with van der Waals surface area (Å²) in [4.78, 5) is 12.9. The van der Waals surface area contributed by atoms with Crippen LogP contribution in [-0.4, -0.2) is 33.4 Å². The van der Waals surface area contributed by atoms with Crippen LogP contribution < -0.4 is 19.1 Å². The fraction of sp³-hybridized carbons (Fsp3) is 0.350. The number of sulfonamides is 1. The number of anilines is 1. The van der Waals surface area contributed by atoms with E-state index in [1.54, 1.807) is 44.2 Å². The van der Waals surface area contributed by atoms with E-state index in [0.717, 1.165) is 16.1 Å². The lowest BCUT2D eigenvalue weighted by Crippen LogP contribution is -2.49. The van der Waals surface area contributed by atoms with Gasteiger partial charge in [0.05, 0.1) is 11.9 Å². The number of nitrogens with zero attached hydrogens (tertiary/aromatic N) is 1. The molecule has 0 saturated heterocycles. The van der Waals surface area contributed by atoms with Crippen LogP contribution >= 0.6 is 11.6 Å². The second kappa shape index (κ2) is 8.51.